The second-order valence-electron chi connectivity index (χ2n) is 11.3. The quantitative estimate of drug-likeness (QED) is 0.141. The van der Waals surface area contributed by atoms with Gasteiger partial charge in [0.05, 0.1) is 0 Å². The van der Waals surface area contributed by atoms with Gasteiger partial charge in [-0.2, -0.15) is 0 Å². The predicted molar refractivity (Wildman–Crippen MR) is 180 cm³/mol. The summed E-state index contributed by atoms with van der Waals surface area (Å²) >= 11 is 0. The molecule has 0 N–H and O–H groups in total. The Bertz CT molecular complexity index is 1160. The molecule has 4 aromatic rings. The standard InChI is InChI=1S/C32H35NP2.C5H10.Fe/c1-26(33(2)35(29-20-11-5-12-21-29)30-22-13-6-14-23-30)31-24-15-25-32(31)34(27-16-7-3-8-17-27)28-18-9-4-10-19-28;1-2-4-5-3-1;/h3-14,16-23,26,31-32H,15,24-25H2,1-2H3;1-5H2;/t26-,31?,32?;;/m0../s1. The average molecular weight is 622 g/mol. The molecule has 2 fully saturated rings. The molecule has 2 aliphatic carbocycles. The van der Waals surface area contributed by atoms with Gasteiger partial charge < -0.3 is 0 Å². The third-order valence-corrected chi connectivity index (χ3v) is 14.3. The summed E-state index contributed by atoms with van der Waals surface area (Å²) in [6.45, 7) is 2.49. The Hall–Kier alpha value is -1.78. The van der Waals surface area contributed by atoms with Crippen molar-refractivity contribution in [2.75, 3.05) is 7.05 Å². The summed E-state index contributed by atoms with van der Waals surface area (Å²) in [6.07, 6.45) is 11.5. The third kappa shape index (κ3) is 8.41. The van der Waals surface area contributed by atoms with Crippen molar-refractivity contribution in [1.29, 1.82) is 0 Å². The molecular weight excluding hydrogens is 576 g/mol. The summed E-state index contributed by atoms with van der Waals surface area (Å²) in [7, 11) is 1.40. The van der Waals surface area contributed by atoms with E-state index in [0.29, 0.717) is 17.6 Å². The van der Waals surface area contributed by atoms with Gasteiger partial charge in [-0.3, -0.25) is 4.67 Å². The van der Waals surface area contributed by atoms with Crippen LogP contribution in [0.15, 0.2) is 121 Å². The van der Waals surface area contributed by atoms with E-state index in [2.05, 4.69) is 140 Å². The summed E-state index contributed by atoms with van der Waals surface area (Å²) in [5, 5.41) is 5.92. The van der Waals surface area contributed by atoms with E-state index in [4.69, 9.17) is 0 Å². The maximum Gasteiger partial charge on any atom is 0.0281 e. The van der Waals surface area contributed by atoms with E-state index in [1.54, 1.807) is 0 Å². The van der Waals surface area contributed by atoms with E-state index in [1.807, 2.05) is 0 Å². The molecule has 0 bridgehead atoms. The van der Waals surface area contributed by atoms with Crippen LogP contribution in [0.1, 0.15) is 58.3 Å². The molecule has 216 valence electrons. The summed E-state index contributed by atoms with van der Waals surface area (Å²) in [5.74, 6) is 0.684. The SMILES string of the molecule is C1CCCC1.C[C@@H](C1CCCC1P(c1ccccc1)c1ccccc1)N(C)P(c1ccccc1)c1ccccc1.[Fe]. The van der Waals surface area contributed by atoms with Crippen LogP contribution in [0.25, 0.3) is 0 Å². The summed E-state index contributed by atoms with van der Waals surface area (Å²) < 4.78 is 2.71. The van der Waals surface area contributed by atoms with Gasteiger partial charge in [0.2, 0.25) is 0 Å². The topological polar surface area (TPSA) is 3.24 Å². The molecule has 0 saturated heterocycles. The number of rotatable bonds is 8. The fourth-order valence-corrected chi connectivity index (χ4v) is 12.3. The normalized spacial score (nSPS) is 19.0. The first kappa shape index (κ1) is 32.1. The molecule has 0 aliphatic heterocycles. The van der Waals surface area contributed by atoms with E-state index < -0.39 is 16.0 Å². The van der Waals surface area contributed by atoms with Gasteiger partial charge in [0.15, 0.2) is 0 Å². The fourth-order valence-electron chi connectivity index (χ4n) is 6.56. The first-order chi connectivity index (χ1) is 19.7. The molecule has 4 aromatic carbocycles. The number of hydrogen-bond donors (Lipinski definition) is 0. The van der Waals surface area contributed by atoms with Crippen LogP contribution >= 0.6 is 16.0 Å². The second kappa shape index (κ2) is 16.8. The molecule has 0 spiro atoms. The Morgan fingerprint density at radius 3 is 1.29 bits per heavy atom. The average Bonchev–Trinajstić information content (AvgIpc) is 3.76. The van der Waals surface area contributed by atoms with E-state index in [9.17, 15) is 0 Å². The molecule has 2 aliphatic rings. The van der Waals surface area contributed by atoms with Crippen molar-refractivity contribution in [1.82, 2.24) is 4.67 Å². The van der Waals surface area contributed by atoms with Crippen LogP contribution in [0.3, 0.4) is 0 Å². The summed E-state index contributed by atoms with van der Waals surface area (Å²) in [4.78, 5) is 0. The Kier molecular flexibility index (Phi) is 13.1. The van der Waals surface area contributed by atoms with Gasteiger partial charge in [-0.1, -0.05) is 160 Å². The first-order valence-corrected chi connectivity index (χ1v) is 18.0. The molecule has 0 heterocycles. The van der Waals surface area contributed by atoms with Crippen LogP contribution in [0.5, 0.6) is 0 Å². The molecule has 6 rings (SSSR count). The molecule has 4 heteroatoms. The van der Waals surface area contributed by atoms with Crippen molar-refractivity contribution in [2.24, 2.45) is 5.92 Å². The van der Waals surface area contributed by atoms with Gasteiger partial charge in [0.25, 0.3) is 0 Å². The molecular formula is C37H45FeNP2. The minimum Gasteiger partial charge on any atom is -0.275 e. The Labute approximate surface area is 262 Å². The van der Waals surface area contributed by atoms with E-state index in [-0.39, 0.29) is 17.1 Å². The second-order valence-corrected chi connectivity index (χ2v) is 16.0. The smallest absolute Gasteiger partial charge is 0.0281 e. The maximum atomic E-state index is 2.71. The van der Waals surface area contributed by atoms with Crippen LogP contribution in [0, 0.1) is 5.92 Å². The minimum absolute atomic E-state index is 0. The zero-order chi connectivity index (χ0) is 27.6. The monoisotopic (exact) mass is 621 g/mol. The molecule has 2 unspecified atom stereocenters. The molecule has 1 nitrogen and oxygen atoms in total. The zero-order valence-electron chi connectivity index (χ0n) is 24.6. The van der Waals surface area contributed by atoms with Gasteiger partial charge in [-0.15, -0.1) is 0 Å². The predicted octanol–water partition coefficient (Wildman–Crippen LogP) is 8.60. The van der Waals surface area contributed by atoms with Gasteiger partial charge in [0, 0.05) is 31.2 Å². The Morgan fingerprint density at radius 1 is 0.537 bits per heavy atom. The van der Waals surface area contributed by atoms with E-state index >= 15 is 0 Å². The minimum atomic E-state index is -0.574. The van der Waals surface area contributed by atoms with Crippen LogP contribution in [0.2, 0.25) is 0 Å². The molecule has 0 aromatic heterocycles. The fraction of sp³-hybridized carbons (Fsp3) is 0.351. The summed E-state index contributed by atoms with van der Waals surface area (Å²) in [6, 6.07) is 45.4. The van der Waals surface area contributed by atoms with Crippen LogP contribution in [-0.4, -0.2) is 23.4 Å². The van der Waals surface area contributed by atoms with Crippen molar-refractivity contribution >= 4 is 37.2 Å². The molecule has 41 heavy (non-hydrogen) atoms. The first-order valence-electron chi connectivity index (χ1n) is 15.3. The van der Waals surface area contributed by atoms with E-state index in [0.717, 1.165) is 0 Å². The number of hydrogen-bond acceptors (Lipinski definition) is 1. The van der Waals surface area contributed by atoms with Gasteiger partial charge >= 0.3 is 0 Å². The third-order valence-electron chi connectivity index (χ3n) is 8.71. The van der Waals surface area contributed by atoms with Crippen LogP contribution in [-0.2, 0) is 17.1 Å². The van der Waals surface area contributed by atoms with Gasteiger partial charge in [0.1, 0.15) is 0 Å². The maximum absolute atomic E-state index is 2.71. The van der Waals surface area contributed by atoms with E-state index in [1.165, 1.54) is 72.6 Å². The van der Waals surface area contributed by atoms with Crippen molar-refractivity contribution in [3.63, 3.8) is 0 Å². The molecule has 0 radical (unpaired) electrons. The zero-order valence-corrected chi connectivity index (χ0v) is 27.5. The van der Waals surface area contributed by atoms with Crippen molar-refractivity contribution in [3.05, 3.63) is 121 Å². The van der Waals surface area contributed by atoms with Gasteiger partial charge in [-0.25, -0.2) is 0 Å². The van der Waals surface area contributed by atoms with Crippen LogP contribution in [0.4, 0.5) is 0 Å². The molecule has 2 saturated carbocycles. The van der Waals surface area contributed by atoms with Crippen LogP contribution < -0.4 is 21.2 Å². The number of benzene rings is 4. The Balaban J connectivity index is 0.000000584. The molecule has 0 amide bonds. The largest absolute Gasteiger partial charge is 0.275 e. The Morgan fingerprint density at radius 2 is 0.902 bits per heavy atom. The summed E-state index contributed by atoms with van der Waals surface area (Å²) in [5.41, 5.74) is 0.704. The number of nitrogens with zero attached hydrogens (tertiary/aromatic N) is 1. The molecule has 3 atom stereocenters. The van der Waals surface area contributed by atoms with Crippen molar-refractivity contribution < 1.29 is 17.1 Å². The van der Waals surface area contributed by atoms with Gasteiger partial charge in [-0.05, 0) is 67.5 Å². The van der Waals surface area contributed by atoms with Crippen molar-refractivity contribution in [2.45, 2.75) is 70.0 Å². The van der Waals surface area contributed by atoms with Crippen molar-refractivity contribution in [3.8, 4) is 0 Å².